The van der Waals surface area contributed by atoms with Crippen molar-refractivity contribution in [2.24, 2.45) is 5.73 Å². The van der Waals surface area contributed by atoms with E-state index in [0.29, 0.717) is 17.4 Å². The highest BCUT2D eigenvalue weighted by Crippen LogP contribution is 2.22. The number of benzene rings is 1. The first-order valence-corrected chi connectivity index (χ1v) is 7.41. The van der Waals surface area contributed by atoms with E-state index in [1.807, 2.05) is 12.1 Å². The van der Waals surface area contributed by atoms with Crippen LogP contribution in [0.25, 0.3) is 0 Å². The molecule has 0 atom stereocenters. The Morgan fingerprint density at radius 2 is 2.05 bits per heavy atom. The van der Waals surface area contributed by atoms with E-state index in [1.54, 1.807) is 7.11 Å². The van der Waals surface area contributed by atoms with Gasteiger partial charge in [-0.05, 0) is 57.7 Å². The molecule has 1 fully saturated rings. The van der Waals surface area contributed by atoms with Gasteiger partial charge >= 0.3 is 0 Å². The lowest BCUT2D eigenvalue weighted by molar-refractivity contribution is 0.140. The van der Waals surface area contributed by atoms with Crippen molar-refractivity contribution >= 4 is 5.84 Å². The smallest absolute Gasteiger partial charge is 0.129 e. The summed E-state index contributed by atoms with van der Waals surface area (Å²) in [5.74, 6) is 0.720. The molecule has 5 heteroatoms. The fourth-order valence-corrected chi connectivity index (χ4v) is 2.92. The van der Waals surface area contributed by atoms with Gasteiger partial charge in [-0.2, -0.15) is 0 Å². The summed E-state index contributed by atoms with van der Waals surface area (Å²) in [5, 5.41) is 7.65. The fraction of sp³-hybridized carbons (Fsp3) is 0.562. The van der Waals surface area contributed by atoms with Gasteiger partial charge in [0.2, 0.25) is 0 Å². The number of nitrogens with zero attached hydrogens (tertiary/aromatic N) is 2. The SMILES string of the molecule is COc1ccc(CN2CCC(N(C)C)CC2)cc1C(=N)N. The summed E-state index contributed by atoms with van der Waals surface area (Å²) in [4.78, 5) is 4.78. The minimum atomic E-state index is 0.0556. The Kier molecular flexibility index (Phi) is 5.20. The van der Waals surface area contributed by atoms with Crippen molar-refractivity contribution in [3.63, 3.8) is 0 Å². The number of nitrogen functional groups attached to an aromatic ring is 1. The Balaban J connectivity index is 2.01. The predicted octanol–water partition coefficient (Wildman–Crippen LogP) is 1.51. The summed E-state index contributed by atoms with van der Waals surface area (Å²) in [5.41, 5.74) is 7.49. The maximum Gasteiger partial charge on any atom is 0.129 e. The number of amidine groups is 1. The molecule has 0 aliphatic carbocycles. The zero-order valence-corrected chi connectivity index (χ0v) is 13.2. The number of nitrogens with one attached hydrogen (secondary N) is 1. The van der Waals surface area contributed by atoms with E-state index in [0.717, 1.165) is 19.6 Å². The van der Waals surface area contributed by atoms with Gasteiger partial charge in [0.1, 0.15) is 11.6 Å². The molecule has 1 saturated heterocycles. The number of likely N-dealkylation sites (tertiary alicyclic amines) is 1. The topological polar surface area (TPSA) is 65.6 Å². The van der Waals surface area contributed by atoms with Gasteiger partial charge in [0.05, 0.1) is 12.7 Å². The van der Waals surface area contributed by atoms with Crippen LogP contribution in [0.5, 0.6) is 5.75 Å². The van der Waals surface area contributed by atoms with E-state index in [9.17, 15) is 0 Å². The number of methoxy groups -OCH3 is 1. The molecule has 1 aliphatic rings. The van der Waals surface area contributed by atoms with Crippen LogP contribution in [0.15, 0.2) is 18.2 Å². The summed E-state index contributed by atoms with van der Waals surface area (Å²) in [6, 6.07) is 6.63. The first kappa shape index (κ1) is 15.8. The van der Waals surface area contributed by atoms with Gasteiger partial charge in [-0.15, -0.1) is 0 Å². The molecule has 5 nitrogen and oxygen atoms in total. The van der Waals surface area contributed by atoms with Crippen LogP contribution in [-0.2, 0) is 6.54 Å². The normalized spacial score (nSPS) is 17.1. The molecule has 2 rings (SSSR count). The Morgan fingerprint density at radius 3 is 2.57 bits per heavy atom. The summed E-state index contributed by atoms with van der Waals surface area (Å²) in [6.45, 7) is 3.14. The molecule has 1 aromatic carbocycles. The predicted molar refractivity (Wildman–Crippen MR) is 86.0 cm³/mol. The monoisotopic (exact) mass is 290 g/mol. The second-order valence-corrected chi connectivity index (χ2v) is 5.92. The van der Waals surface area contributed by atoms with Gasteiger partial charge < -0.3 is 15.4 Å². The van der Waals surface area contributed by atoms with Crippen molar-refractivity contribution in [1.82, 2.24) is 9.80 Å². The Bertz CT molecular complexity index is 493. The second kappa shape index (κ2) is 6.91. The Morgan fingerprint density at radius 1 is 1.38 bits per heavy atom. The van der Waals surface area contributed by atoms with Gasteiger partial charge in [0.25, 0.3) is 0 Å². The van der Waals surface area contributed by atoms with Crippen LogP contribution in [0.2, 0.25) is 0 Å². The van der Waals surface area contributed by atoms with Crippen molar-refractivity contribution in [1.29, 1.82) is 5.41 Å². The average molecular weight is 290 g/mol. The number of rotatable bonds is 5. The minimum Gasteiger partial charge on any atom is -0.496 e. The van der Waals surface area contributed by atoms with Crippen LogP contribution in [0.4, 0.5) is 0 Å². The molecule has 21 heavy (non-hydrogen) atoms. The molecule has 0 radical (unpaired) electrons. The molecule has 1 aliphatic heterocycles. The summed E-state index contributed by atoms with van der Waals surface area (Å²) < 4.78 is 5.25. The van der Waals surface area contributed by atoms with E-state index in [1.165, 1.54) is 18.4 Å². The van der Waals surface area contributed by atoms with Crippen LogP contribution < -0.4 is 10.5 Å². The first-order valence-electron chi connectivity index (χ1n) is 7.41. The van der Waals surface area contributed by atoms with E-state index in [4.69, 9.17) is 15.9 Å². The molecular formula is C16H26N4O. The van der Waals surface area contributed by atoms with Crippen LogP contribution in [0, 0.1) is 5.41 Å². The third-order valence-electron chi connectivity index (χ3n) is 4.25. The lowest BCUT2D eigenvalue weighted by Gasteiger charge is -2.35. The molecule has 3 N–H and O–H groups in total. The number of piperidine rings is 1. The molecule has 0 aromatic heterocycles. The highest BCUT2D eigenvalue weighted by Gasteiger charge is 2.20. The molecule has 116 valence electrons. The molecule has 0 saturated carbocycles. The van der Waals surface area contributed by atoms with Gasteiger partial charge in [0.15, 0.2) is 0 Å². The largest absolute Gasteiger partial charge is 0.496 e. The van der Waals surface area contributed by atoms with Gasteiger partial charge in [0, 0.05) is 12.6 Å². The van der Waals surface area contributed by atoms with E-state index >= 15 is 0 Å². The third kappa shape index (κ3) is 3.95. The van der Waals surface area contributed by atoms with Crippen molar-refractivity contribution < 1.29 is 4.74 Å². The maximum absolute atomic E-state index is 7.65. The van der Waals surface area contributed by atoms with Crippen molar-refractivity contribution in [2.45, 2.75) is 25.4 Å². The van der Waals surface area contributed by atoms with Crippen molar-refractivity contribution in [3.8, 4) is 5.75 Å². The van der Waals surface area contributed by atoms with Crippen LogP contribution in [0.3, 0.4) is 0 Å². The zero-order chi connectivity index (χ0) is 15.4. The molecule has 0 spiro atoms. The standard InChI is InChI=1S/C16H26N4O/c1-19(2)13-6-8-20(9-7-13)11-12-4-5-15(21-3)14(10-12)16(17)18/h4-5,10,13H,6-9,11H2,1-3H3,(H3,17,18). The Labute approximate surface area is 127 Å². The number of nitrogens with two attached hydrogens (primary N) is 1. The summed E-state index contributed by atoms with van der Waals surface area (Å²) in [7, 11) is 5.92. The van der Waals surface area contributed by atoms with E-state index in [2.05, 4.69) is 30.0 Å². The molecule has 1 aromatic rings. The molecule has 0 bridgehead atoms. The Hall–Kier alpha value is -1.59. The molecular weight excluding hydrogens is 264 g/mol. The quantitative estimate of drug-likeness (QED) is 0.637. The molecule has 0 amide bonds. The zero-order valence-electron chi connectivity index (χ0n) is 13.2. The number of hydrogen-bond donors (Lipinski definition) is 2. The third-order valence-corrected chi connectivity index (χ3v) is 4.25. The molecule has 0 unspecified atom stereocenters. The highest BCUT2D eigenvalue weighted by atomic mass is 16.5. The summed E-state index contributed by atoms with van der Waals surface area (Å²) in [6.07, 6.45) is 2.42. The number of hydrogen-bond acceptors (Lipinski definition) is 4. The highest BCUT2D eigenvalue weighted by molar-refractivity contribution is 5.97. The maximum atomic E-state index is 7.65. The first-order chi connectivity index (χ1) is 10.0. The van der Waals surface area contributed by atoms with E-state index in [-0.39, 0.29) is 5.84 Å². The van der Waals surface area contributed by atoms with E-state index < -0.39 is 0 Å². The van der Waals surface area contributed by atoms with Crippen LogP contribution in [-0.4, -0.2) is 56.0 Å². The minimum absolute atomic E-state index is 0.0556. The fourth-order valence-electron chi connectivity index (χ4n) is 2.92. The van der Waals surface area contributed by atoms with Crippen molar-refractivity contribution in [2.75, 3.05) is 34.3 Å². The summed E-state index contributed by atoms with van der Waals surface area (Å²) >= 11 is 0. The average Bonchev–Trinajstić information content (AvgIpc) is 2.47. The second-order valence-electron chi connectivity index (χ2n) is 5.92. The lowest BCUT2D eigenvalue weighted by Crippen LogP contribution is -2.41. The molecule has 1 heterocycles. The van der Waals surface area contributed by atoms with Gasteiger partial charge in [-0.1, -0.05) is 6.07 Å². The lowest BCUT2D eigenvalue weighted by atomic mass is 10.0. The van der Waals surface area contributed by atoms with Crippen LogP contribution in [0.1, 0.15) is 24.0 Å². The number of ether oxygens (including phenoxy) is 1. The van der Waals surface area contributed by atoms with Crippen molar-refractivity contribution in [3.05, 3.63) is 29.3 Å². The van der Waals surface area contributed by atoms with Crippen LogP contribution >= 0.6 is 0 Å². The van der Waals surface area contributed by atoms with Gasteiger partial charge in [-0.25, -0.2) is 0 Å². The van der Waals surface area contributed by atoms with Gasteiger partial charge in [-0.3, -0.25) is 10.3 Å².